The van der Waals surface area contributed by atoms with Crippen molar-refractivity contribution in [1.82, 2.24) is 15.0 Å². The first kappa shape index (κ1) is 23.1. The molecule has 2 aromatic heterocycles. The smallest absolute Gasteiger partial charge is 0.222 e. The third kappa shape index (κ3) is 4.14. The van der Waals surface area contributed by atoms with Gasteiger partial charge in [-0.3, -0.25) is 0 Å². The molecule has 8 nitrogen and oxygen atoms in total. The Morgan fingerprint density at radius 2 is 2.06 bits per heavy atom. The van der Waals surface area contributed by atoms with Crippen molar-refractivity contribution in [2.45, 2.75) is 30.8 Å². The highest BCUT2D eigenvalue weighted by atomic mass is 35.5. The molecule has 34 heavy (non-hydrogen) atoms. The lowest BCUT2D eigenvalue weighted by Crippen LogP contribution is -2.40. The molecule has 5 rings (SSSR count). The first-order valence-electron chi connectivity index (χ1n) is 10.6. The molecule has 0 bridgehead atoms. The van der Waals surface area contributed by atoms with E-state index >= 15 is 0 Å². The minimum Gasteiger partial charge on any atom is -0.371 e. The zero-order chi connectivity index (χ0) is 24.1. The monoisotopic (exact) mass is 515 g/mol. The Morgan fingerprint density at radius 1 is 1.29 bits per heavy atom. The topological polar surface area (TPSA) is 122 Å². The molecule has 1 spiro atoms. The van der Waals surface area contributed by atoms with Gasteiger partial charge in [-0.25, -0.2) is 18.4 Å². The second-order valence-electron chi connectivity index (χ2n) is 8.81. The van der Waals surface area contributed by atoms with Crippen LogP contribution in [0, 0.1) is 11.8 Å². The van der Waals surface area contributed by atoms with E-state index in [0.29, 0.717) is 40.8 Å². The van der Waals surface area contributed by atoms with Gasteiger partial charge < -0.3 is 15.7 Å². The number of aromatic nitrogens is 3. The number of sulfone groups is 1. The Labute approximate surface area is 206 Å². The van der Waals surface area contributed by atoms with Crippen LogP contribution in [0.1, 0.15) is 35.9 Å². The van der Waals surface area contributed by atoms with Crippen LogP contribution < -0.4 is 10.6 Å². The van der Waals surface area contributed by atoms with Crippen LogP contribution in [0.2, 0.25) is 5.02 Å². The van der Waals surface area contributed by atoms with Gasteiger partial charge in [-0.1, -0.05) is 29.5 Å². The number of benzene rings is 1. The lowest BCUT2D eigenvalue weighted by Gasteiger charge is -2.34. The average molecular weight is 516 g/mol. The third-order valence-corrected chi connectivity index (χ3v) is 9.31. The van der Waals surface area contributed by atoms with E-state index in [9.17, 15) is 13.5 Å². The van der Waals surface area contributed by atoms with E-state index in [0.717, 1.165) is 11.3 Å². The van der Waals surface area contributed by atoms with Crippen molar-refractivity contribution in [3.8, 4) is 11.8 Å². The van der Waals surface area contributed by atoms with Crippen molar-refractivity contribution in [3.05, 3.63) is 57.1 Å². The van der Waals surface area contributed by atoms with E-state index in [4.69, 9.17) is 17.3 Å². The Hall–Kier alpha value is -2.71. The summed E-state index contributed by atoms with van der Waals surface area (Å²) in [6.07, 6.45) is 4.12. The van der Waals surface area contributed by atoms with Crippen LogP contribution >= 0.6 is 22.9 Å². The maximum absolute atomic E-state index is 12.2. The molecule has 0 radical (unpaired) electrons. The molecule has 1 atom stereocenters. The highest BCUT2D eigenvalue weighted by Crippen LogP contribution is 2.50. The predicted molar refractivity (Wildman–Crippen MR) is 133 cm³/mol. The lowest BCUT2D eigenvalue weighted by atomic mass is 9.77. The first-order valence-corrected chi connectivity index (χ1v) is 13.7. The molecule has 1 fully saturated rings. The number of halogens is 1. The zero-order valence-corrected chi connectivity index (χ0v) is 20.7. The van der Waals surface area contributed by atoms with E-state index < -0.39 is 15.4 Å². The Morgan fingerprint density at radius 3 is 2.76 bits per heavy atom. The van der Waals surface area contributed by atoms with Gasteiger partial charge in [-0.2, -0.15) is 4.98 Å². The molecule has 3 aromatic rings. The second-order valence-corrected chi connectivity index (χ2v) is 12.4. The summed E-state index contributed by atoms with van der Waals surface area (Å²) in [7, 11) is -3.05. The summed E-state index contributed by atoms with van der Waals surface area (Å²) in [6, 6.07) is 5.81. The molecule has 4 heterocycles. The average Bonchev–Trinajstić information content (AvgIpc) is 3.45. The normalized spacial score (nSPS) is 19.8. The van der Waals surface area contributed by atoms with Gasteiger partial charge in [0.2, 0.25) is 5.95 Å². The van der Waals surface area contributed by atoms with Crippen molar-refractivity contribution in [1.29, 1.82) is 0 Å². The van der Waals surface area contributed by atoms with Crippen LogP contribution in [0.3, 0.4) is 0 Å². The Kier molecular flexibility index (Phi) is 5.56. The number of nitrogens with two attached hydrogens (primary N) is 1. The number of hydrogen-bond acceptors (Lipinski definition) is 9. The number of rotatable bonds is 2. The number of nitrogens with zero attached hydrogens (tertiary/aromatic N) is 4. The fraction of sp³-hybridized carbons (Fsp3) is 0.348. The van der Waals surface area contributed by atoms with E-state index in [-0.39, 0.29) is 22.9 Å². The first-order chi connectivity index (χ1) is 16.1. The fourth-order valence-electron chi connectivity index (χ4n) is 4.57. The minimum absolute atomic E-state index is 0.101. The maximum atomic E-state index is 12.2. The summed E-state index contributed by atoms with van der Waals surface area (Å²) in [5, 5.41) is 13.4. The molecular formula is C23H22ClN5O3S2. The van der Waals surface area contributed by atoms with Gasteiger partial charge in [0.15, 0.2) is 11.4 Å². The van der Waals surface area contributed by atoms with Crippen LogP contribution in [-0.4, -0.2) is 46.5 Å². The second kappa shape index (κ2) is 8.20. The van der Waals surface area contributed by atoms with Gasteiger partial charge in [0.05, 0.1) is 17.7 Å². The molecule has 1 saturated heterocycles. The number of fused-ring (bicyclic) bond motifs is 2. The predicted octanol–water partition coefficient (Wildman–Crippen LogP) is 3.03. The number of nitrogen functional groups attached to an aromatic ring is 1. The summed E-state index contributed by atoms with van der Waals surface area (Å²) in [5.74, 6) is 6.82. The van der Waals surface area contributed by atoms with Crippen molar-refractivity contribution in [3.63, 3.8) is 0 Å². The molecule has 176 valence electrons. The standard InChI is InChI=1S/C23H22ClN5O3S2/c1-22(30,20-26-8-9-33-20)5-4-15-2-3-16-18(12-15)29(19-17(24)13-27-21(25)28-19)14-23(16)6-10-34(31,32)11-7-23/h2-3,8-9,12-13,30H,6-7,10-11,14H2,1H3,(H2,25,27,28)/t22-/m0/s1. The van der Waals surface area contributed by atoms with Crippen molar-refractivity contribution in [2.75, 3.05) is 28.7 Å². The van der Waals surface area contributed by atoms with Gasteiger partial charge in [0.25, 0.3) is 0 Å². The van der Waals surface area contributed by atoms with Crippen molar-refractivity contribution in [2.24, 2.45) is 0 Å². The highest BCUT2D eigenvalue weighted by Gasteiger charge is 2.47. The summed E-state index contributed by atoms with van der Waals surface area (Å²) < 4.78 is 24.3. The number of anilines is 3. The summed E-state index contributed by atoms with van der Waals surface area (Å²) in [4.78, 5) is 14.5. The Balaban J connectivity index is 1.59. The molecular weight excluding hydrogens is 494 g/mol. The van der Waals surface area contributed by atoms with Gasteiger partial charge >= 0.3 is 0 Å². The number of thiazole rings is 1. The van der Waals surface area contributed by atoms with Gasteiger partial charge in [-0.05, 0) is 37.5 Å². The SMILES string of the molecule is C[C@](O)(C#Cc1ccc2c(c1)N(c1nc(N)ncc1Cl)CC21CCS(=O)(=O)CC1)c1nccs1. The van der Waals surface area contributed by atoms with E-state index in [1.807, 2.05) is 23.1 Å². The zero-order valence-electron chi connectivity index (χ0n) is 18.3. The maximum Gasteiger partial charge on any atom is 0.222 e. The third-order valence-electron chi connectivity index (χ3n) is 6.40. The molecule has 2 aliphatic heterocycles. The van der Waals surface area contributed by atoms with Crippen molar-refractivity contribution >= 4 is 50.2 Å². The van der Waals surface area contributed by atoms with Gasteiger partial charge in [0.1, 0.15) is 19.9 Å². The number of hydrogen-bond donors (Lipinski definition) is 2. The van der Waals surface area contributed by atoms with E-state index in [2.05, 4.69) is 26.8 Å². The highest BCUT2D eigenvalue weighted by molar-refractivity contribution is 7.91. The van der Waals surface area contributed by atoms with E-state index in [1.54, 1.807) is 18.5 Å². The van der Waals surface area contributed by atoms with Crippen LogP contribution in [0.15, 0.2) is 36.0 Å². The molecule has 11 heteroatoms. The van der Waals surface area contributed by atoms with Crippen LogP contribution in [-0.2, 0) is 20.9 Å². The van der Waals surface area contributed by atoms with Gasteiger partial charge in [-0.15, -0.1) is 11.3 Å². The molecule has 0 aliphatic carbocycles. The molecule has 3 N–H and O–H groups in total. The van der Waals surface area contributed by atoms with E-state index in [1.165, 1.54) is 17.5 Å². The number of aliphatic hydroxyl groups is 1. The van der Waals surface area contributed by atoms with Crippen LogP contribution in [0.5, 0.6) is 0 Å². The fourth-order valence-corrected chi connectivity index (χ4v) is 7.02. The molecule has 1 aromatic carbocycles. The minimum atomic E-state index is -3.05. The largest absolute Gasteiger partial charge is 0.371 e. The summed E-state index contributed by atoms with van der Waals surface area (Å²) >= 11 is 7.79. The molecule has 0 saturated carbocycles. The summed E-state index contributed by atoms with van der Waals surface area (Å²) in [6.45, 7) is 2.14. The van der Waals surface area contributed by atoms with Gasteiger partial charge in [0, 0.05) is 34.8 Å². The van der Waals surface area contributed by atoms with Crippen molar-refractivity contribution < 1.29 is 13.5 Å². The van der Waals surface area contributed by atoms with Crippen LogP contribution in [0.25, 0.3) is 0 Å². The van der Waals surface area contributed by atoms with Crippen LogP contribution in [0.4, 0.5) is 17.5 Å². The molecule has 0 amide bonds. The quantitative estimate of drug-likeness (QED) is 0.499. The lowest BCUT2D eigenvalue weighted by molar-refractivity contribution is 0.122. The molecule has 0 unspecified atom stereocenters. The summed E-state index contributed by atoms with van der Waals surface area (Å²) in [5.41, 5.74) is 6.70. The Bertz CT molecular complexity index is 1410. The molecule has 2 aliphatic rings.